The lowest BCUT2D eigenvalue weighted by atomic mass is 10.1. The molecular weight excluding hydrogens is 260 g/mol. The van der Waals surface area contributed by atoms with Crippen LogP contribution in [0.3, 0.4) is 0 Å². The predicted octanol–water partition coefficient (Wildman–Crippen LogP) is 2.81. The second-order valence-electron chi connectivity index (χ2n) is 2.96. The van der Waals surface area contributed by atoms with Crippen molar-refractivity contribution in [3.05, 3.63) is 28.9 Å². The summed E-state index contributed by atoms with van der Waals surface area (Å²) < 4.78 is 6.01. The second-order valence-corrected chi connectivity index (χ2v) is 3.81. The molecule has 0 unspecified atom stereocenters. The molecule has 0 saturated carbocycles. The zero-order chi connectivity index (χ0) is 10.8. The van der Waals surface area contributed by atoms with Crippen LogP contribution < -0.4 is 10.2 Å². The van der Waals surface area contributed by atoms with Gasteiger partial charge in [-0.1, -0.05) is 22.0 Å². The van der Waals surface area contributed by atoms with Crippen molar-refractivity contribution in [1.29, 1.82) is 0 Å². The van der Waals surface area contributed by atoms with Crippen molar-refractivity contribution in [2.24, 2.45) is 0 Å². The molecule has 2 rings (SSSR count). The summed E-state index contributed by atoms with van der Waals surface area (Å²) in [5, 5.41) is 10.7. The number of hydrogen-bond acceptors (Lipinski definition) is 4. The summed E-state index contributed by atoms with van der Waals surface area (Å²) in [4.78, 5) is 4.07. The Morgan fingerprint density at radius 1 is 1.47 bits per heavy atom. The zero-order valence-corrected chi connectivity index (χ0v) is 9.58. The minimum atomic E-state index is 0.533. The molecule has 1 aromatic heterocycles. The summed E-state index contributed by atoms with van der Waals surface area (Å²) in [6.07, 6.45) is 1.52. The average molecular weight is 269 g/mol. The normalized spacial score (nSPS) is 10.3. The molecule has 0 aliphatic heterocycles. The predicted molar refractivity (Wildman–Crippen MR) is 61.4 cm³/mol. The molecular formula is C10H9BrN2O2. The van der Waals surface area contributed by atoms with Crippen LogP contribution in [0.4, 0.5) is 5.69 Å². The first-order valence-electron chi connectivity index (χ1n) is 4.29. The van der Waals surface area contributed by atoms with E-state index in [0.717, 1.165) is 15.2 Å². The van der Waals surface area contributed by atoms with Gasteiger partial charge in [0.1, 0.15) is 0 Å². The largest absolute Gasteiger partial charge is 0.481 e. The Bertz CT molecular complexity index is 502. The minimum Gasteiger partial charge on any atom is -0.481 e. The first kappa shape index (κ1) is 10.2. The van der Waals surface area contributed by atoms with E-state index in [0.29, 0.717) is 11.6 Å². The average Bonchev–Trinajstić information content (AvgIpc) is 2.28. The molecule has 0 spiro atoms. The van der Waals surface area contributed by atoms with Crippen LogP contribution in [0, 0.1) is 0 Å². The molecule has 15 heavy (non-hydrogen) atoms. The van der Waals surface area contributed by atoms with Gasteiger partial charge in [0.15, 0.2) is 0 Å². The summed E-state index contributed by atoms with van der Waals surface area (Å²) in [6.45, 7) is 0. The van der Waals surface area contributed by atoms with Gasteiger partial charge in [-0.2, -0.15) is 0 Å². The van der Waals surface area contributed by atoms with Gasteiger partial charge in [-0.05, 0) is 12.1 Å². The molecule has 2 N–H and O–H groups in total. The molecule has 1 aromatic carbocycles. The van der Waals surface area contributed by atoms with Crippen molar-refractivity contribution in [3.63, 3.8) is 0 Å². The number of nitrogens with zero attached hydrogens (tertiary/aromatic N) is 1. The SMILES string of the molecule is COc1ncc(NO)c2c(Br)cccc12. The fourth-order valence-electron chi connectivity index (χ4n) is 1.48. The monoisotopic (exact) mass is 268 g/mol. The van der Waals surface area contributed by atoms with Crippen LogP contribution >= 0.6 is 15.9 Å². The standard InChI is InChI=1S/C10H9BrN2O2/c1-15-10-6-3-2-4-7(11)9(6)8(13-14)5-12-10/h2-5,13-14H,1H3. The molecule has 0 fully saturated rings. The number of pyridine rings is 1. The van der Waals surface area contributed by atoms with Crippen LogP contribution in [0.2, 0.25) is 0 Å². The van der Waals surface area contributed by atoms with Gasteiger partial charge in [0.25, 0.3) is 0 Å². The second kappa shape index (κ2) is 4.04. The fraction of sp³-hybridized carbons (Fsp3) is 0.100. The van der Waals surface area contributed by atoms with Crippen LogP contribution in [0.5, 0.6) is 5.88 Å². The molecule has 0 saturated heterocycles. The van der Waals surface area contributed by atoms with E-state index in [9.17, 15) is 0 Å². The van der Waals surface area contributed by atoms with Crippen molar-refractivity contribution in [2.75, 3.05) is 12.6 Å². The maximum atomic E-state index is 8.97. The number of aromatic nitrogens is 1. The van der Waals surface area contributed by atoms with E-state index in [2.05, 4.69) is 26.4 Å². The Balaban J connectivity index is 2.86. The van der Waals surface area contributed by atoms with Crippen molar-refractivity contribution in [2.45, 2.75) is 0 Å². The Morgan fingerprint density at radius 2 is 2.27 bits per heavy atom. The molecule has 1 heterocycles. The summed E-state index contributed by atoms with van der Waals surface area (Å²) in [5.74, 6) is 0.533. The number of methoxy groups -OCH3 is 1. The van der Waals surface area contributed by atoms with Gasteiger partial charge in [0.2, 0.25) is 5.88 Å². The fourth-order valence-corrected chi connectivity index (χ4v) is 2.06. The molecule has 78 valence electrons. The van der Waals surface area contributed by atoms with Gasteiger partial charge < -0.3 is 4.74 Å². The third-order valence-corrected chi connectivity index (χ3v) is 2.80. The summed E-state index contributed by atoms with van der Waals surface area (Å²) >= 11 is 3.42. The topological polar surface area (TPSA) is 54.4 Å². The Hall–Kier alpha value is -1.33. The molecule has 0 aliphatic rings. The van der Waals surface area contributed by atoms with Crippen LogP contribution in [0.25, 0.3) is 10.8 Å². The maximum Gasteiger partial charge on any atom is 0.221 e. The van der Waals surface area contributed by atoms with Crippen LogP contribution in [-0.4, -0.2) is 17.3 Å². The summed E-state index contributed by atoms with van der Waals surface area (Å²) in [7, 11) is 1.56. The van der Waals surface area contributed by atoms with Crippen LogP contribution in [0.15, 0.2) is 28.9 Å². The first-order valence-corrected chi connectivity index (χ1v) is 5.08. The highest BCUT2D eigenvalue weighted by atomic mass is 79.9. The summed E-state index contributed by atoms with van der Waals surface area (Å²) in [5.41, 5.74) is 2.65. The van der Waals surface area contributed by atoms with Gasteiger partial charge in [-0.3, -0.25) is 10.7 Å². The molecule has 0 radical (unpaired) electrons. The van der Waals surface area contributed by atoms with E-state index in [1.165, 1.54) is 6.20 Å². The first-order chi connectivity index (χ1) is 7.27. The maximum absolute atomic E-state index is 8.97. The highest BCUT2D eigenvalue weighted by molar-refractivity contribution is 9.10. The zero-order valence-electron chi connectivity index (χ0n) is 7.99. The van der Waals surface area contributed by atoms with Crippen molar-refractivity contribution in [3.8, 4) is 5.88 Å². The van der Waals surface area contributed by atoms with Gasteiger partial charge >= 0.3 is 0 Å². The number of hydrogen-bond donors (Lipinski definition) is 2. The van der Waals surface area contributed by atoms with Crippen LogP contribution in [0.1, 0.15) is 0 Å². The lowest BCUT2D eigenvalue weighted by molar-refractivity contribution is 0.387. The quantitative estimate of drug-likeness (QED) is 0.823. The number of fused-ring (bicyclic) bond motifs is 1. The Kier molecular flexibility index (Phi) is 2.75. The third-order valence-electron chi connectivity index (χ3n) is 2.14. The molecule has 0 bridgehead atoms. The number of rotatable bonds is 2. The number of nitrogens with one attached hydrogen (secondary N) is 1. The van der Waals surface area contributed by atoms with Gasteiger partial charge in [-0.25, -0.2) is 4.98 Å². The summed E-state index contributed by atoms with van der Waals surface area (Å²) in [6, 6.07) is 5.66. The number of anilines is 1. The number of benzene rings is 1. The van der Waals surface area contributed by atoms with E-state index >= 15 is 0 Å². The molecule has 0 atom stereocenters. The molecule has 0 amide bonds. The Morgan fingerprint density at radius 3 is 2.93 bits per heavy atom. The van der Waals surface area contributed by atoms with E-state index in [1.54, 1.807) is 7.11 Å². The highest BCUT2D eigenvalue weighted by Crippen LogP contribution is 2.34. The van der Waals surface area contributed by atoms with E-state index in [1.807, 2.05) is 18.2 Å². The minimum absolute atomic E-state index is 0.533. The number of ether oxygens (including phenoxy) is 1. The van der Waals surface area contributed by atoms with Crippen molar-refractivity contribution < 1.29 is 9.94 Å². The molecule has 4 nitrogen and oxygen atoms in total. The Labute approximate surface area is 95.0 Å². The van der Waals surface area contributed by atoms with E-state index in [-0.39, 0.29) is 0 Å². The van der Waals surface area contributed by atoms with Gasteiger partial charge in [-0.15, -0.1) is 0 Å². The van der Waals surface area contributed by atoms with Gasteiger partial charge in [0.05, 0.1) is 19.0 Å². The molecule has 0 aliphatic carbocycles. The van der Waals surface area contributed by atoms with Gasteiger partial charge in [0, 0.05) is 15.2 Å². The number of halogens is 1. The smallest absolute Gasteiger partial charge is 0.221 e. The van der Waals surface area contributed by atoms with Crippen LogP contribution in [-0.2, 0) is 0 Å². The van der Waals surface area contributed by atoms with E-state index < -0.39 is 0 Å². The highest BCUT2D eigenvalue weighted by Gasteiger charge is 2.09. The molecule has 2 aromatic rings. The third kappa shape index (κ3) is 1.64. The van der Waals surface area contributed by atoms with Crippen molar-refractivity contribution in [1.82, 2.24) is 4.98 Å². The lowest BCUT2D eigenvalue weighted by Gasteiger charge is -2.09. The van der Waals surface area contributed by atoms with Crippen molar-refractivity contribution >= 4 is 32.4 Å². The van der Waals surface area contributed by atoms with E-state index in [4.69, 9.17) is 9.94 Å². The lowest BCUT2D eigenvalue weighted by Crippen LogP contribution is -1.95. The molecule has 5 heteroatoms.